The molecule has 0 spiro atoms. The number of likely N-dealkylation sites (tertiary alicyclic amines) is 1. The Kier molecular flexibility index (Phi) is 3.94. The maximum absolute atomic E-state index is 12.6. The van der Waals surface area contributed by atoms with E-state index < -0.39 is 0 Å². The zero-order valence-electron chi connectivity index (χ0n) is 13.3. The highest BCUT2D eigenvalue weighted by Crippen LogP contribution is 2.38. The molecule has 2 amide bonds. The number of nitrogens with zero attached hydrogens (tertiary/aromatic N) is 2. The molecule has 1 atom stereocenters. The van der Waals surface area contributed by atoms with E-state index >= 15 is 0 Å². The highest BCUT2D eigenvalue weighted by Gasteiger charge is 2.31. The van der Waals surface area contributed by atoms with Crippen molar-refractivity contribution in [3.8, 4) is 11.5 Å². The molecule has 0 unspecified atom stereocenters. The number of ether oxygens (including phenoxy) is 2. The van der Waals surface area contributed by atoms with Crippen molar-refractivity contribution < 1.29 is 14.3 Å². The van der Waals surface area contributed by atoms with Crippen molar-refractivity contribution in [2.75, 3.05) is 25.1 Å². The highest BCUT2D eigenvalue weighted by molar-refractivity contribution is 5.88. The van der Waals surface area contributed by atoms with Gasteiger partial charge in [0.25, 0.3) is 0 Å². The average molecular weight is 325 g/mol. The van der Waals surface area contributed by atoms with Crippen LogP contribution < -0.4 is 14.8 Å². The monoisotopic (exact) mass is 325 g/mol. The first-order chi connectivity index (χ1) is 11.8. The van der Waals surface area contributed by atoms with Crippen LogP contribution in [0.5, 0.6) is 11.5 Å². The SMILES string of the molecule is O=C(Nc1ccccn1)N1CCC[C@@H]1c1ccc2c(c1)OCCO2. The number of hydrogen-bond donors (Lipinski definition) is 1. The highest BCUT2D eigenvalue weighted by atomic mass is 16.6. The Morgan fingerprint density at radius 3 is 2.88 bits per heavy atom. The molecule has 1 fully saturated rings. The van der Waals surface area contributed by atoms with Gasteiger partial charge in [-0.3, -0.25) is 5.32 Å². The molecule has 3 heterocycles. The molecule has 6 heteroatoms. The van der Waals surface area contributed by atoms with Crippen LogP contribution in [-0.2, 0) is 0 Å². The number of rotatable bonds is 2. The van der Waals surface area contributed by atoms with Crippen LogP contribution in [0, 0.1) is 0 Å². The first kappa shape index (κ1) is 14.8. The molecule has 1 N–H and O–H groups in total. The van der Waals surface area contributed by atoms with Crippen LogP contribution in [0.15, 0.2) is 42.6 Å². The Hall–Kier alpha value is -2.76. The fourth-order valence-corrected chi connectivity index (χ4v) is 3.24. The molecule has 6 nitrogen and oxygen atoms in total. The van der Waals surface area contributed by atoms with E-state index in [1.54, 1.807) is 12.3 Å². The van der Waals surface area contributed by atoms with Crippen LogP contribution in [-0.4, -0.2) is 35.7 Å². The third-order valence-corrected chi connectivity index (χ3v) is 4.36. The number of aromatic nitrogens is 1. The van der Waals surface area contributed by atoms with Gasteiger partial charge in [-0.2, -0.15) is 0 Å². The van der Waals surface area contributed by atoms with Gasteiger partial charge in [-0.25, -0.2) is 9.78 Å². The van der Waals surface area contributed by atoms with Crippen molar-refractivity contribution in [2.45, 2.75) is 18.9 Å². The van der Waals surface area contributed by atoms with Crippen LogP contribution >= 0.6 is 0 Å². The maximum atomic E-state index is 12.6. The number of benzene rings is 1. The van der Waals surface area contributed by atoms with Crippen LogP contribution in [0.2, 0.25) is 0 Å². The van der Waals surface area contributed by atoms with Gasteiger partial charge in [-0.1, -0.05) is 12.1 Å². The first-order valence-corrected chi connectivity index (χ1v) is 8.19. The van der Waals surface area contributed by atoms with E-state index in [2.05, 4.69) is 10.3 Å². The molecule has 2 aliphatic heterocycles. The van der Waals surface area contributed by atoms with Gasteiger partial charge in [0.05, 0.1) is 6.04 Å². The maximum Gasteiger partial charge on any atom is 0.323 e. The largest absolute Gasteiger partial charge is 0.486 e. The Labute approximate surface area is 140 Å². The summed E-state index contributed by atoms with van der Waals surface area (Å²) in [5.41, 5.74) is 1.08. The van der Waals surface area contributed by atoms with Crippen molar-refractivity contribution in [1.29, 1.82) is 0 Å². The lowest BCUT2D eigenvalue weighted by atomic mass is 10.0. The fraction of sp³-hybridized carbons (Fsp3) is 0.333. The molecule has 0 aliphatic carbocycles. The molecule has 0 bridgehead atoms. The van der Waals surface area contributed by atoms with Gasteiger partial charge in [-0.05, 0) is 42.7 Å². The second-order valence-corrected chi connectivity index (χ2v) is 5.90. The molecular weight excluding hydrogens is 306 g/mol. The Morgan fingerprint density at radius 2 is 2.04 bits per heavy atom. The molecule has 24 heavy (non-hydrogen) atoms. The predicted molar refractivity (Wildman–Crippen MR) is 89.4 cm³/mol. The van der Waals surface area contributed by atoms with E-state index in [1.807, 2.05) is 35.2 Å². The Bertz CT molecular complexity index is 736. The number of carbonyl (C=O) groups excluding carboxylic acids is 1. The van der Waals surface area contributed by atoms with Gasteiger partial charge >= 0.3 is 6.03 Å². The number of hydrogen-bond acceptors (Lipinski definition) is 4. The van der Waals surface area contributed by atoms with Gasteiger partial charge in [0, 0.05) is 12.7 Å². The standard InChI is InChI=1S/C18H19N3O3/c22-18(20-17-5-1-2-8-19-17)21-9-3-4-14(21)13-6-7-15-16(12-13)24-11-10-23-15/h1-2,5-8,12,14H,3-4,9-11H2,(H,19,20,22)/t14-/m1/s1. The van der Waals surface area contributed by atoms with E-state index in [4.69, 9.17) is 9.47 Å². The van der Waals surface area contributed by atoms with Gasteiger partial charge in [0.15, 0.2) is 11.5 Å². The predicted octanol–water partition coefficient (Wildman–Crippen LogP) is 3.22. The summed E-state index contributed by atoms with van der Waals surface area (Å²) in [5, 5.41) is 2.87. The molecule has 1 saturated heterocycles. The second-order valence-electron chi connectivity index (χ2n) is 5.90. The summed E-state index contributed by atoms with van der Waals surface area (Å²) in [4.78, 5) is 18.6. The Morgan fingerprint density at radius 1 is 1.17 bits per heavy atom. The summed E-state index contributed by atoms with van der Waals surface area (Å²) in [6, 6.07) is 11.3. The lowest BCUT2D eigenvalue weighted by Gasteiger charge is -2.26. The van der Waals surface area contributed by atoms with E-state index in [1.165, 1.54) is 0 Å². The van der Waals surface area contributed by atoms with Crippen LogP contribution in [0.3, 0.4) is 0 Å². The van der Waals surface area contributed by atoms with Crippen LogP contribution in [0.4, 0.5) is 10.6 Å². The normalized spacial score (nSPS) is 19.2. The van der Waals surface area contributed by atoms with Crippen molar-refractivity contribution in [1.82, 2.24) is 9.88 Å². The summed E-state index contributed by atoms with van der Waals surface area (Å²) in [6.45, 7) is 1.87. The smallest absolute Gasteiger partial charge is 0.323 e. The summed E-state index contributed by atoms with van der Waals surface area (Å²) >= 11 is 0. The number of amides is 2. The van der Waals surface area contributed by atoms with Crippen molar-refractivity contribution in [3.63, 3.8) is 0 Å². The van der Waals surface area contributed by atoms with Crippen molar-refractivity contribution in [3.05, 3.63) is 48.2 Å². The van der Waals surface area contributed by atoms with Gasteiger partial charge in [0.2, 0.25) is 0 Å². The summed E-state index contributed by atoms with van der Waals surface area (Å²) in [6.07, 6.45) is 3.59. The van der Waals surface area contributed by atoms with Crippen LogP contribution in [0.25, 0.3) is 0 Å². The van der Waals surface area contributed by atoms with Gasteiger partial charge < -0.3 is 14.4 Å². The summed E-state index contributed by atoms with van der Waals surface area (Å²) in [5.74, 6) is 2.10. The van der Waals surface area contributed by atoms with Crippen molar-refractivity contribution >= 4 is 11.8 Å². The summed E-state index contributed by atoms with van der Waals surface area (Å²) in [7, 11) is 0. The van der Waals surface area contributed by atoms with Crippen molar-refractivity contribution in [2.24, 2.45) is 0 Å². The second kappa shape index (κ2) is 6.39. The van der Waals surface area contributed by atoms with Crippen LogP contribution in [0.1, 0.15) is 24.4 Å². The third kappa shape index (κ3) is 2.87. The lowest BCUT2D eigenvalue weighted by Crippen LogP contribution is -2.34. The molecule has 124 valence electrons. The third-order valence-electron chi connectivity index (χ3n) is 4.36. The minimum atomic E-state index is -0.119. The minimum Gasteiger partial charge on any atom is -0.486 e. The lowest BCUT2D eigenvalue weighted by molar-refractivity contribution is 0.170. The van der Waals surface area contributed by atoms with Gasteiger partial charge in [0.1, 0.15) is 19.0 Å². The van der Waals surface area contributed by atoms with E-state index in [-0.39, 0.29) is 12.1 Å². The number of carbonyl (C=O) groups is 1. The minimum absolute atomic E-state index is 0.0459. The number of nitrogens with one attached hydrogen (secondary N) is 1. The Balaban J connectivity index is 1.53. The fourth-order valence-electron chi connectivity index (χ4n) is 3.24. The van der Waals surface area contributed by atoms with E-state index in [0.717, 1.165) is 36.4 Å². The number of urea groups is 1. The molecule has 0 saturated carbocycles. The molecular formula is C18H19N3O3. The topological polar surface area (TPSA) is 63.7 Å². The first-order valence-electron chi connectivity index (χ1n) is 8.19. The number of fused-ring (bicyclic) bond motifs is 1. The zero-order valence-corrected chi connectivity index (χ0v) is 13.3. The molecule has 4 rings (SSSR count). The quantitative estimate of drug-likeness (QED) is 0.921. The molecule has 0 radical (unpaired) electrons. The average Bonchev–Trinajstić information content (AvgIpc) is 3.12. The summed E-state index contributed by atoms with van der Waals surface area (Å²) < 4.78 is 11.2. The van der Waals surface area contributed by atoms with Gasteiger partial charge in [-0.15, -0.1) is 0 Å². The van der Waals surface area contributed by atoms with E-state index in [0.29, 0.717) is 19.0 Å². The van der Waals surface area contributed by atoms with E-state index in [9.17, 15) is 4.79 Å². The molecule has 2 aromatic rings. The number of pyridine rings is 1. The molecule has 2 aliphatic rings. The number of anilines is 1. The molecule has 1 aromatic carbocycles. The zero-order chi connectivity index (χ0) is 16.4. The molecule has 1 aromatic heterocycles.